The third-order valence-corrected chi connectivity index (χ3v) is 4.61. The standard InChI is InChI=1S/C17H24N4S/c1-13-14(2)22-16(21-13)10-12-20-17(18-3)19-11-9-15-7-5-4-6-8-15/h4-8H,9-12H2,1-3H3,(H2,18,19,20). The number of aryl methyl sites for hydroxylation is 2. The average molecular weight is 316 g/mol. The molecule has 0 radical (unpaired) electrons. The SMILES string of the molecule is CN=C(NCCc1ccccc1)NCCc1nc(C)c(C)s1. The molecule has 1 aromatic heterocycles. The lowest BCUT2D eigenvalue weighted by Gasteiger charge is -2.11. The van der Waals surface area contributed by atoms with Gasteiger partial charge in [0.05, 0.1) is 10.7 Å². The van der Waals surface area contributed by atoms with E-state index in [-0.39, 0.29) is 0 Å². The molecule has 0 bridgehead atoms. The van der Waals surface area contributed by atoms with Crippen LogP contribution in [0.15, 0.2) is 35.3 Å². The molecule has 0 aliphatic carbocycles. The van der Waals surface area contributed by atoms with Gasteiger partial charge in [-0.15, -0.1) is 11.3 Å². The maximum absolute atomic E-state index is 4.55. The maximum Gasteiger partial charge on any atom is 0.191 e. The second-order valence-electron chi connectivity index (χ2n) is 5.16. The zero-order valence-corrected chi connectivity index (χ0v) is 14.3. The first-order valence-electron chi connectivity index (χ1n) is 7.60. The Hall–Kier alpha value is -1.88. The normalized spacial score (nSPS) is 11.5. The van der Waals surface area contributed by atoms with Crippen LogP contribution in [0.3, 0.4) is 0 Å². The van der Waals surface area contributed by atoms with E-state index in [2.05, 4.69) is 58.7 Å². The molecule has 2 rings (SSSR count). The highest BCUT2D eigenvalue weighted by Crippen LogP contribution is 2.16. The van der Waals surface area contributed by atoms with Gasteiger partial charge in [0.1, 0.15) is 0 Å². The molecule has 118 valence electrons. The van der Waals surface area contributed by atoms with Crippen molar-refractivity contribution in [3.8, 4) is 0 Å². The Morgan fingerprint density at radius 2 is 1.77 bits per heavy atom. The number of nitrogens with zero attached hydrogens (tertiary/aromatic N) is 2. The summed E-state index contributed by atoms with van der Waals surface area (Å²) in [6.07, 6.45) is 1.92. The Balaban J connectivity index is 1.69. The second kappa shape index (κ2) is 8.54. The van der Waals surface area contributed by atoms with Gasteiger partial charge in [0.25, 0.3) is 0 Å². The molecule has 0 saturated heterocycles. The molecular weight excluding hydrogens is 292 g/mol. The van der Waals surface area contributed by atoms with Crippen molar-refractivity contribution in [2.24, 2.45) is 4.99 Å². The maximum atomic E-state index is 4.55. The van der Waals surface area contributed by atoms with Crippen molar-refractivity contribution in [3.63, 3.8) is 0 Å². The van der Waals surface area contributed by atoms with Crippen molar-refractivity contribution in [1.82, 2.24) is 15.6 Å². The lowest BCUT2D eigenvalue weighted by molar-refractivity contribution is 0.781. The third kappa shape index (κ3) is 5.15. The molecule has 1 heterocycles. The number of guanidine groups is 1. The molecular formula is C17H24N4S. The number of hydrogen-bond donors (Lipinski definition) is 2. The number of aliphatic imine (C=N–C) groups is 1. The van der Waals surface area contributed by atoms with Crippen LogP contribution < -0.4 is 10.6 Å². The fraction of sp³-hybridized carbons (Fsp3) is 0.412. The smallest absolute Gasteiger partial charge is 0.191 e. The third-order valence-electron chi connectivity index (χ3n) is 3.48. The highest BCUT2D eigenvalue weighted by Gasteiger charge is 2.04. The number of benzene rings is 1. The molecule has 2 aromatic rings. The number of thiazole rings is 1. The topological polar surface area (TPSA) is 49.3 Å². The summed E-state index contributed by atoms with van der Waals surface area (Å²) in [5.74, 6) is 0.848. The minimum atomic E-state index is 0.845. The van der Waals surface area contributed by atoms with Gasteiger partial charge in [-0.3, -0.25) is 4.99 Å². The summed E-state index contributed by atoms with van der Waals surface area (Å²) in [5, 5.41) is 7.86. The van der Waals surface area contributed by atoms with Crippen molar-refractivity contribution in [1.29, 1.82) is 0 Å². The van der Waals surface area contributed by atoms with Crippen LogP contribution in [0.1, 0.15) is 21.1 Å². The molecule has 0 aliphatic heterocycles. The predicted molar refractivity (Wildman–Crippen MR) is 94.8 cm³/mol. The van der Waals surface area contributed by atoms with Crippen molar-refractivity contribution >= 4 is 17.3 Å². The van der Waals surface area contributed by atoms with Crippen LogP contribution in [-0.2, 0) is 12.8 Å². The van der Waals surface area contributed by atoms with E-state index < -0.39 is 0 Å². The number of nitrogens with one attached hydrogen (secondary N) is 2. The Kier molecular flexibility index (Phi) is 6.40. The summed E-state index contributed by atoms with van der Waals surface area (Å²) in [6, 6.07) is 10.5. The van der Waals surface area contributed by atoms with Crippen LogP contribution in [0.25, 0.3) is 0 Å². The molecule has 1 aromatic carbocycles. The largest absolute Gasteiger partial charge is 0.356 e. The van der Waals surface area contributed by atoms with Gasteiger partial charge < -0.3 is 10.6 Å². The molecule has 5 heteroatoms. The molecule has 2 N–H and O–H groups in total. The van der Waals surface area contributed by atoms with E-state index in [1.54, 1.807) is 18.4 Å². The Bertz CT molecular complexity index is 585. The van der Waals surface area contributed by atoms with E-state index in [4.69, 9.17) is 0 Å². The van der Waals surface area contributed by atoms with E-state index >= 15 is 0 Å². The molecule has 0 amide bonds. The van der Waals surface area contributed by atoms with Crippen LogP contribution >= 0.6 is 11.3 Å². The molecule has 22 heavy (non-hydrogen) atoms. The average Bonchev–Trinajstić information content (AvgIpc) is 2.85. The number of rotatable bonds is 6. The molecule has 0 saturated carbocycles. The van der Waals surface area contributed by atoms with E-state index in [0.29, 0.717) is 0 Å². The van der Waals surface area contributed by atoms with Gasteiger partial charge in [0, 0.05) is 31.4 Å². The summed E-state index contributed by atoms with van der Waals surface area (Å²) < 4.78 is 0. The first-order valence-corrected chi connectivity index (χ1v) is 8.42. The van der Waals surface area contributed by atoms with Crippen LogP contribution in [0.4, 0.5) is 0 Å². The van der Waals surface area contributed by atoms with E-state index in [1.165, 1.54) is 15.4 Å². The molecule has 0 fully saturated rings. The summed E-state index contributed by atoms with van der Waals surface area (Å²) in [5.41, 5.74) is 2.48. The lowest BCUT2D eigenvalue weighted by atomic mass is 10.1. The van der Waals surface area contributed by atoms with Crippen LogP contribution in [0.2, 0.25) is 0 Å². The van der Waals surface area contributed by atoms with Gasteiger partial charge in [0.2, 0.25) is 0 Å². The number of aromatic nitrogens is 1. The van der Waals surface area contributed by atoms with Gasteiger partial charge in [-0.25, -0.2) is 4.98 Å². The minimum Gasteiger partial charge on any atom is -0.356 e. The summed E-state index contributed by atoms with van der Waals surface area (Å²) in [7, 11) is 1.80. The summed E-state index contributed by atoms with van der Waals surface area (Å²) in [4.78, 5) is 10.1. The fourth-order valence-corrected chi connectivity index (χ4v) is 3.06. The number of hydrogen-bond acceptors (Lipinski definition) is 3. The Morgan fingerprint density at radius 1 is 1.09 bits per heavy atom. The van der Waals surface area contributed by atoms with Crippen molar-refractivity contribution in [3.05, 3.63) is 51.5 Å². The molecule has 0 atom stereocenters. The van der Waals surface area contributed by atoms with Crippen LogP contribution in [0, 0.1) is 13.8 Å². The first-order chi connectivity index (χ1) is 10.7. The van der Waals surface area contributed by atoms with E-state index in [9.17, 15) is 0 Å². The summed E-state index contributed by atoms with van der Waals surface area (Å²) >= 11 is 1.78. The predicted octanol–water partition coefficient (Wildman–Crippen LogP) is 2.71. The van der Waals surface area contributed by atoms with Gasteiger partial charge in [-0.2, -0.15) is 0 Å². The highest BCUT2D eigenvalue weighted by atomic mass is 32.1. The molecule has 0 spiro atoms. The van der Waals surface area contributed by atoms with Crippen LogP contribution in [-0.4, -0.2) is 31.1 Å². The van der Waals surface area contributed by atoms with E-state index in [0.717, 1.165) is 37.6 Å². The molecule has 4 nitrogen and oxygen atoms in total. The highest BCUT2D eigenvalue weighted by molar-refractivity contribution is 7.11. The Morgan fingerprint density at radius 3 is 2.36 bits per heavy atom. The van der Waals surface area contributed by atoms with Gasteiger partial charge >= 0.3 is 0 Å². The molecule has 0 unspecified atom stereocenters. The Labute approximate surface area is 136 Å². The summed E-state index contributed by atoms with van der Waals surface area (Å²) in [6.45, 7) is 5.90. The van der Waals surface area contributed by atoms with Gasteiger partial charge in [-0.05, 0) is 25.8 Å². The lowest BCUT2D eigenvalue weighted by Crippen LogP contribution is -2.39. The quantitative estimate of drug-likeness (QED) is 0.636. The van der Waals surface area contributed by atoms with Gasteiger partial charge in [0.15, 0.2) is 5.96 Å². The van der Waals surface area contributed by atoms with E-state index in [1.807, 2.05) is 6.07 Å². The minimum absolute atomic E-state index is 0.845. The van der Waals surface area contributed by atoms with Crippen molar-refractivity contribution in [2.45, 2.75) is 26.7 Å². The zero-order valence-electron chi connectivity index (χ0n) is 13.5. The van der Waals surface area contributed by atoms with Crippen LogP contribution in [0.5, 0.6) is 0 Å². The zero-order chi connectivity index (χ0) is 15.8. The first kappa shape index (κ1) is 16.5. The van der Waals surface area contributed by atoms with Gasteiger partial charge in [-0.1, -0.05) is 30.3 Å². The monoisotopic (exact) mass is 316 g/mol. The second-order valence-corrected chi connectivity index (χ2v) is 6.45. The fourth-order valence-electron chi connectivity index (χ4n) is 2.12. The van der Waals surface area contributed by atoms with Crippen molar-refractivity contribution in [2.75, 3.05) is 20.1 Å². The molecule has 0 aliphatic rings. The van der Waals surface area contributed by atoms with Crippen molar-refractivity contribution < 1.29 is 0 Å².